The summed E-state index contributed by atoms with van der Waals surface area (Å²) in [4.78, 5) is 25.2. The van der Waals surface area contributed by atoms with Gasteiger partial charge >= 0.3 is 12.0 Å². The lowest BCUT2D eigenvalue weighted by Gasteiger charge is -2.19. The van der Waals surface area contributed by atoms with Gasteiger partial charge in [-0.3, -0.25) is 0 Å². The first-order chi connectivity index (χ1) is 10.1. The molecule has 0 bridgehead atoms. The number of hydrogen-bond donors (Lipinski definition) is 3. The lowest BCUT2D eigenvalue weighted by atomic mass is 10.1. The van der Waals surface area contributed by atoms with Crippen LogP contribution in [0, 0.1) is 0 Å². The number of carboxylic acid groups (broad SMARTS) is 1. The van der Waals surface area contributed by atoms with Gasteiger partial charge < -0.3 is 20.6 Å². The Balaban J connectivity index is 2.49. The number of hydrogen-bond acceptors (Lipinski definition) is 3. The van der Waals surface area contributed by atoms with E-state index in [0.29, 0.717) is 12.1 Å². The van der Waals surface area contributed by atoms with Gasteiger partial charge in [-0.05, 0) is 18.7 Å². The SMILES string of the molecule is CCN(CC)CCNC(=O)N[C@@H](C(=O)O)c1ccccc1. The highest BCUT2D eigenvalue weighted by atomic mass is 16.4. The number of nitrogens with zero attached hydrogens (tertiary/aromatic N) is 1. The van der Waals surface area contributed by atoms with Gasteiger partial charge in [0, 0.05) is 13.1 Å². The summed E-state index contributed by atoms with van der Waals surface area (Å²) in [7, 11) is 0. The van der Waals surface area contributed by atoms with E-state index in [2.05, 4.69) is 29.4 Å². The van der Waals surface area contributed by atoms with Crippen molar-refractivity contribution in [1.82, 2.24) is 15.5 Å². The van der Waals surface area contributed by atoms with Gasteiger partial charge in [0.05, 0.1) is 0 Å². The second-order valence-corrected chi connectivity index (χ2v) is 4.61. The van der Waals surface area contributed by atoms with Crippen LogP contribution in [-0.4, -0.2) is 48.2 Å². The van der Waals surface area contributed by atoms with Gasteiger partial charge in [-0.2, -0.15) is 0 Å². The number of likely N-dealkylation sites (N-methyl/N-ethyl adjacent to an activating group) is 1. The fourth-order valence-corrected chi connectivity index (χ4v) is 1.98. The molecule has 3 N–H and O–H groups in total. The predicted molar refractivity (Wildman–Crippen MR) is 81.1 cm³/mol. The standard InChI is InChI=1S/C15H23N3O3/c1-3-18(4-2)11-10-16-15(21)17-13(14(19)20)12-8-6-5-7-9-12/h5-9,13H,3-4,10-11H2,1-2H3,(H,19,20)(H2,16,17,21)/t13-/m1/s1. The quantitative estimate of drug-likeness (QED) is 0.677. The van der Waals surface area contributed by atoms with E-state index in [9.17, 15) is 14.7 Å². The third kappa shape index (κ3) is 5.83. The Morgan fingerprint density at radius 2 is 1.81 bits per heavy atom. The van der Waals surface area contributed by atoms with Gasteiger partial charge in [-0.15, -0.1) is 0 Å². The molecule has 0 heterocycles. The van der Waals surface area contributed by atoms with Crippen LogP contribution in [0.2, 0.25) is 0 Å². The molecule has 1 aromatic rings. The third-order valence-corrected chi connectivity index (χ3v) is 3.26. The molecule has 0 fully saturated rings. The van der Waals surface area contributed by atoms with Gasteiger partial charge in [-0.1, -0.05) is 44.2 Å². The zero-order chi connectivity index (χ0) is 15.7. The highest BCUT2D eigenvalue weighted by Gasteiger charge is 2.21. The van der Waals surface area contributed by atoms with Crippen LogP contribution in [0.1, 0.15) is 25.5 Å². The topological polar surface area (TPSA) is 81.7 Å². The maximum atomic E-state index is 11.8. The van der Waals surface area contributed by atoms with Crippen LogP contribution in [0.15, 0.2) is 30.3 Å². The number of carbonyl (C=O) groups excluding carboxylic acids is 1. The molecule has 1 rings (SSSR count). The molecule has 0 aromatic heterocycles. The van der Waals surface area contributed by atoms with Crippen molar-refractivity contribution in [3.05, 3.63) is 35.9 Å². The zero-order valence-corrected chi connectivity index (χ0v) is 12.5. The van der Waals surface area contributed by atoms with Crippen LogP contribution < -0.4 is 10.6 Å². The molecule has 0 saturated heterocycles. The highest BCUT2D eigenvalue weighted by molar-refractivity contribution is 5.83. The zero-order valence-electron chi connectivity index (χ0n) is 12.5. The maximum absolute atomic E-state index is 11.8. The molecule has 1 atom stereocenters. The molecule has 1 aromatic carbocycles. The smallest absolute Gasteiger partial charge is 0.330 e. The predicted octanol–water partition coefficient (Wildman–Crippen LogP) is 1.45. The van der Waals surface area contributed by atoms with Crippen molar-refractivity contribution in [3.8, 4) is 0 Å². The molecular formula is C15H23N3O3. The van der Waals surface area contributed by atoms with E-state index in [4.69, 9.17) is 0 Å². The molecular weight excluding hydrogens is 270 g/mol. The fraction of sp³-hybridized carbons (Fsp3) is 0.467. The van der Waals surface area contributed by atoms with E-state index < -0.39 is 18.0 Å². The Hall–Kier alpha value is -2.08. The number of amides is 2. The van der Waals surface area contributed by atoms with E-state index >= 15 is 0 Å². The molecule has 116 valence electrons. The molecule has 0 aliphatic carbocycles. The fourth-order valence-electron chi connectivity index (χ4n) is 1.98. The lowest BCUT2D eigenvalue weighted by molar-refractivity contribution is -0.139. The van der Waals surface area contributed by atoms with E-state index in [-0.39, 0.29) is 0 Å². The summed E-state index contributed by atoms with van der Waals surface area (Å²) in [6.07, 6.45) is 0. The van der Waals surface area contributed by atoms with E-state index in [1.807, 2.05) is 0 Å². The van der Waals surface area contributed by atoms with Crippen molar-refractivity contribution in [2.24, 2.45) is 0 Å². The van der Waals surface area contributed by atoms with Crippen LogP contribution in [-0.2, 0) is 4.79 Å². The normalized spacial score (nSPS) is 12.0. The van der Waals surface area contributed by atoms with Gasteiger partial charge in [-0.25, -0.2) is 9.59 Å². The number of urea groups is 1. The Bertz CT molecular complexity index is 447. The van der Waals surface area contributed by atoms with Crippen molar-refractivity contribution >= 4 is 12.0 Å². The van der Waals surface area contributed by atoms with E-state index in [1.165, 1.54) is 0 Å². The van der Waals surface area contributed by atoms with Gasteiger partial charge in [0.25, 0.3) is 0 Å². The average Bonchev–Trinajstić information content (AvgIpc) is 2.50. The van der Waals surface area contributed by atoms with E-state index in [0.717, 1.165) is 19.6 Å². The van der Waals surface area contributed by atoms with Gasteiger partial charge in [0.1, 0.15) is 0 Å². The Morgan fingerprint density at radius 1 is 1.19 bits per heavy atom. The van der Waals surface area contributed by atoms with Gasteiger partial charge in [0.2, 0.25) is 0 Å². The summed E-state index contributed by atoms with van der Waals surface area (Å²) in [6.45, 7) is 7.17. The van der Waals surface area contributed by atoms with Crippen molar-refractivity contribution in [2.45, 2.75) is 19.9 Å². The summed E-state index contributed by atoms with van der Waals surface area (Å²) in [6, 6.07) is 7.12. The van der Waals surface area contributed by atoms with Crippen LogP contribution in [0.25, 0.3) is 0 Å². The first-order valence-electron chi connectivity index (χ1n) is 7.13. The summed E-state index contributed by atoms with van der Waals surface area (Å²) >= 11 is 0. The molecule has 0 unspecified atom stereocenters. The largest absolute Gasteiger partial charge is 0.479 e. The minimum atomic E-state index is -1.08. The first kappa shape index (κ1) is 17.0. The Morgan fingerprint density at radius 3 is 2.33 bits per heavy atom. The number of carboxylic acids is 1. The first-order valence-corrected chi connectivity index (χ1v) is 7.13. The number of rotatable bonds is 8. The molecule has 6 heteroatoms. The molecule has 0 aliphatic heterocycles. The third-order valence-electron chi connectivity index (χ3n) is 3.26. The van der Waals surface area contributed by atoms with Crippen molar-refractivity contribution in [1.29, 1.82) is 0 Å². The minimum absolute atomic E-state index is 0.474. The number of aliphatic carboxylic acids is 1. The Labute approximate surface area is 125 Å². The molecule has 0 aliphatic rings. The van der Waals surface area contributed by atoms with Crippen LogP contribution in [0.3, 0.4) is 0 Å². The van der Waals surface area contributed by atoms with E-state index in [1.54, 1.807) is 30.3 Å². The summed E-state index contributed by atoms with van der Waals surface area (Å²) < 4.78 is 0. The second kappa shape index (κ2) is 8.97. The molecule has 2 amide bonds. The van der Waals surface area contributed by atoms with Gasteiger partial charge in [0.15, 0.2) is 6.04 Å². The maximum Gasteiger partial charge on any atom is 0.330 e. The van der Waals surface area contributed by atoms with Crippen molar-refractivity contribution in [2.75, 3.05) is 26.2 Å². The van der Waals surface area contributed by atoms with Crippen molar-refractivity contribution in [3.63, 3.8) is 0 Å². The van der Waals surface area contributed by atoms with Crippen molar-refractivity contribution < 1.29 is 14.7 Å². The molecule has 21 heavy (non-hydrogen) atoms. The molecule has 6 nitrogen and oxygen atoms in total. The number of benzene rings is 1. The monoisotopic (exact) mass is 293 g/mol. The van der Waals surface area contributed by atoms with Crippen LogP contribution in [0.4, 0.5) is 4.79 Å². The summed E-state index contributed by atoms with van der Waals surface area (Å²) in [5, 5.41) is 14.4. The molecule has 0 radical (unpaired) electrons. The number of nitrogens with one attached hydrogen (secondary N) is 2. The highest BCUT2D eigenvalue weighted by Crippen LogP contribution is 2.12. The molecule has 0 saturated carbocycles. The summed E-state index contributed by atoms with van der Waals surface area (Å²) in [5.41, 5.74) is 0.545. The lowest BCUT2D eigenvalue weighted by Crippen LogP contribution is -2.43. The second-order valence-electron chi connectivity index (χ2n) is 4.61. The Kier molecular flexibility index (Phi) is 7.25. The molecule has 0 spiro atoms. The van der Waals surface area contributed by atoms with Crippen LogP contribution in [0.5, 0.6) is 0 Å². The average molecular weight is 293 g/mol. The number of carbonyl (C=O) groups is 2. The minimum Gasteiger partial charge on any atom is -0.479 e. The summed E-state index contributed by atoms with van der Waals surface area (Å²) in [5.74, 6) is -1.08. The van der Waals surface area contributed by atoms with Crippen LogP contribution >= 0.6 is 0 Å².